The Morgan fingerprint density at radius 1 is 1.05 bits per heavy atom. The zero-order valence-electron chi connectivity index (χ0n) is 24.4. The standard InChI is InChI=1S/C33H43N5O2/c1-6-9-11-13-28-22-37(36-35-28)33-23(4)30(8-3)38(24(5)39)31-20-17-26(21-29(31)33)25-15-18-27(19-16-25)34-32(40)14-12-10-7-2/h7,15-23,30,33H,2,6,8-14H2,1,3-5H3,(H,34,40)/t23-,30?,33?/m1/s1. The number of rotatable bonds is 12. The lowest BCUT2D eigenvalue weighted by atomic mass is 9.80. The van der Waals surface area contributed by atoms with Crippen molar-refractivity contribution in [2.75, 3.05) is 10.2 Å². The van der Waals surface area contributed by atoms with E-state index in [0.717, 1.165) is 65.9 Å². The van der Waals surface area contributed by atoms with Gasteiger partial charge < -0.3 is 10.2 Å². The van der Waals surface area contributed by atoms with Crippen LogP contribution in [0.15, 0.2) is 61.3 Å². The van der Waals surface area contributed by atoms with E-state index in [-0.39, 0.29) is 29.8 Å². The Morgan fingerprint density at radius 2 is 1.80 bits per heavy atom. The van der Waals surface area contributed by atoms with Gasteiger partial charge in [-0.2, -0.15) is 0 Å². The third kappa shape index (κ3) is 6.52. The molecule has 0 radical (unpaired) electrons. The van der Waals surface area contributed by atoms with Crippen LogP contribution < -0.4 is 10.2 Å². The molecule has 0 saturated carbocycles. The van der Waals surface area contributed by atoms with Gasteiger partial charge in [0.15, 0.2) is 0 Å². The number of amides is 2. The average Bonchev–Trinajstić information content (AvgIpc) is 3.41. The van der Waals surface area contributed by atoms with Gasteiger partial charge in [0, 0.05) is 48.4 Å². The van der Waals surface area contributed by atoms with Crippen LogP contribution in [-0.4, -0.2) is 32.9 Å². The molecule has 2 amide bonds. The molecule has 7 nitrogen and oxygen atoms in total. The molecule has 0 spiro atoms. The molecule has 7 heteroatoms. The zero-order chi connectivity index (χ0) is 28.6. The van der Waals surface area contributed by atoms with E-state index >= 15 is 0 Å². The Balaban J connectivity index is 1.66. The summed E-state index contributed by atoms with van der Waals surface area (Å²) in [6, 6.07) is 14.3. The summed E-state index contributed by atoms with van der Waals surface area (Å²) in [6.45, 7) is 11.9. The minimum atomic E-state index is -0.0305. The van der Waals surface area contributed by atoms with Gasteiger partial charge in [0.05, 0.1) is 11.7 Å². The maximum atomic E-state index is 12.9. The van der Waals surface area contributed by atoms with Crippen molar-refractivity contribution in [3.05, 3.63) is 72.6 Å². The highest BCUT2D eigenvalue weighted by Crippen LogP contribution is 2.45. The van der Waals surface area contributed by atoms with E-state index in [1.54, 1.807) is 6.92 Å². The zero-order valence-corrected chi connectivity index (χ0v) is 24.4. The van der Waals surface area contributed by atoms with Crippen molar-refractivity contribution in [1.82, 2.24) is 15.0 Å². The highest BCUT2D eigenvalue weighted by molar-refractivity contribution is 5.94. The number of hydrogen-bond acceptors (Lipinski definition) is 4. The average molecular weight is 542 g/mol. The Labute approximate surface area is 238 Å². The molecule has 1 N–H and O–H groups in total. The Kier molecular flexibility index (Phi) is 9.91. The van der Waals surface area contributed by atoms with Crippen molar-refractivity contribution >= 4 is 23.2 Å². The van der Waals surface area contributed by atoms with Gasteiger partial charge in [-0.15, -0.1) is 11.7 Å². The van der Waals surface area contributed by atoms with Gasteiger partial charge in [0.2, 0.25) is 11.8 Å². The van der Waals surface area contributed by atoms with Crippen LogP contribution in [-0.2, 0) is 16.0 Å². The molecule has 2 heterocycles. The number of hydrogen-bond donors (Lipinski definition) is 1. The molecule has 0 bridgehead atoms. The van der Waals surface area contributed by atoms with Crippen molar-refractivity contribution in [2.45, 2.75) is 91.1 Å². The molecule has 2 aromatic carbocycles. The molecule has 0 fully saturated rings. The number of anilines is 2. The molecule has 212 valence electrons. The van der Waals surface area contributed by atoms with E-state index in [2.05, 4.69) is 67.4 Å². The molecule has 0 saturated heterocycles. The smallest absolute Gasteiger partial charge is 0.224 e. The predicted molar refractivity (Wildman–Crippen MR) is 162 cm³/mol. The first-order valence-corrected chi connectivity index (χ1v) is 14.7. The van der Waals surface area contributed by atoms with Gasteiger partial charge >= 0.3 is 0 Å². The van der Waals surface area contributed by atoms with Crippen molar-refractivity contribution in [3.8, 4) is 11.1 Å². The van der Waals surface area contributed by atoms with Crippen LogP contribution >= 0.6 is 0 Å². The van der Waals surface area contributed by atoms with Crippen molar-refractivity contribution in [1.29, 1.82) is 0 Å². The maximum absolute atomic E-state index is 12.9. The van der Waals surface area contributed by atoms with E-state index in [4.69, 9.17) is 0 Å². The van der Waals surface area contributed by atoms with E-state index in [9.17, 15) is 9.59 Å². The minimum absolute atomic E-state index is 0.0110. The Morgan fingerprint density at radius 3 is 2.48 bits per heavy atom. The number of unbranched alkanes of at least 4 members (excludes halogenated alkanes) is 3. The van der Waals surface area contributed by atoms with Crippen LogP contribution in [0.25, 0.3) is 11.1 Å². The first kappa shape index (κ1) is 29.2. The first-order chi connectivity index (χ1) is 19.4. The van der Waals surface area contributed by atoms with Gasteiger partial charge in [-0.25, -0.2) is 4.68 Å². The number of benzene rings is 2. The summed E-state index contributed by atoms with van der Waals surface area (Å²) in [5, 5.41) is 12.1. The van der Waals surface area contributed by atoms with Gasteiger partial charge in [0.25, 0.3) is 0 Å². The number of nitrogens with one attached hydrogen (secondary N) is 1. The number of fused-ring (bicyclic) bond motifs is 1. The van der Waals surface area contributed by atoms with Gasteiger partial charge in [-0.3, -0.25) is 9.59 Å². The number of aryl methyl sites for hydroxylation is 1. The van der Waals surface area contributed by atoms with E-state index in [1.165, 1.54) is 12.8 Å². The van der Waals surface area contributed by atoms with Gasteiger partial charge in [-0.05, 0) is 67.5 Å². The van der Waals surface area contributed by atoms with Crippen LogP contribution in [0.2, 0.25) is 0 Å². The number of carbonyl (C=O) groups excluding carboxylic acids is 2. The first-order valence-electron chi connectivity index (χ1n) is 14.7. The normalized spacial score (nSPS) is 18.3. The fourth-order valence-corrected chi connectivity index (χ4v) is 5.94. The molecule has 1 aromatic heterocycles. The molecule has 3 aromatic rings. The number of carbonyl (C=O) groups is 2. The third-order valence-electron chi connectivity index (χ3n) is 7.99. The lowest BCUT2D eigenvalue weighted by Crippen LogP contribution is -2.49. The molecule has 0 aliphatic carbocycles. The molecule has 2 unspecified atom stereocenters. The van der Waals surface area contributed by atoms with Crippen molar-refractivity contribution < 1.29 is 9.59 Å². The molecule has 40 heavy (non-hydrogen) atoms. The molecule has 4 rings (SSSR count). The fraction of sp³-hybridized carbons (Fsp3) is 0.455. The van der Waals surface area contributed by atoms with E-state index in [1.807, 2.05) is 39.9 Å². The summed E-state index contributed by atoms with van der Waals surface area (Å²) in [6.07, 6.45) is 11.3. The molecule has 1 aliphatic heterocycles. The van der Waals surface area contributed by atoms with Crippen molar-refractivity contribution in [3.63, 3.8) is 0 Å². The number of allylic oxidation sites excluding steroid dienone is 1. The second-order valence-corrected chi connectivity index (χ2v) is 10.9. The van der Waals surface area contributed by atoms with Crippen LogP contribution in [0, 0.1) is 5.92 Å². The van der Waals surface area contributed by atoms with E-state index < -0.39 is 0 Å². The number of nitrogens with zero attached hydrogens (tertiary/aromatic N) is 4. The Hall–Kier alpha value is -3.74. The van der Waals surface area contributed by atoms with Crippen molar-refractivity contribution in [2.24, 2.45) is 5.92 Å². The summed E-state index contributed by atoms with van der Waals surface area (Å²) in [7, 11) is 0. The van der Waals surface area contributed by atoms with Crippen LogP contribution in [0.5, 0.6) is 0 Å². The predicted octanol–water partition coefficient (Wildman–Crippen LogP) is 7.34. The van der Waals surface area contributed by atoms with Gasteiger partial charge in [0.1, 0.15) is 0 Å². The third-order valence-corrected chi connectivity index (χ3v) is 7.99. The molecule has 1 aliphatic rings. The number of aromatic nitrogens is 3. The quantitative estimate of drug-likeness (QED) is 0.192. The topological polar surface area (TPSA) is 80.1 Å². The fourth-order valence-electron chi connectivity index (χ4n) is 5.94. The highest BCUT2D eigenvalue weighted by atomic mass is 16.2. The van der Waals surface area contributed by atoms with E-state index in [0.29, 0.717) is 6.42 Å². The summed E-state index contributed by atoms with van der Waals surface area (Å²) in [4.78, 5) is 27.1. The second kappa shape index (κ2) is 13.6. The summed E-state index contributed by atoms with van der Waals surface area (Å²) in [5.74, 6) is 0.218. The Bertz CT molecular complexity index is 1310. The minimum Gasteiger partial charge on any atom is -0.326 e. The lowest BCUT2D eigenvalue weighted by Gasteiger charge is -2.44. The summed E-state index contributed by atoms with van der Waals surface area (Å²) < 4.78 is 2.01. The maximum Gasteiger partial charge on any atom is 0.224 e. The second-order valence-electron chi connectivity index (χ2n) is 10.9. The molecular formula is C33H43N5O2. The summed E-state index contributed by atoms with van der Waals surface area (Å²) >= 11 is 0. The van der Waals surface area contributed by atoms with Gasteiger partial charge in [-0.1, -0.05) is 63.1 Å². The summed E-state index contributed by atoms with van der Waals surface area (Å²) in [5.41, 5.74) is 5.92. The van der Waals surface area contributed by atoms with Crippen LogP contribution in [0.4, 0.5) is 11.4 Å². The molecule has 3 atom stereocenters. The monoisotopic (exact) mass is 541 g/mol. The van der Waals surface area contributed by atoms with Crippen LogP contribution in [0.1, 0.15) is 89.9 Å². The SMILES string of the molecule is C=CCCCC(=O)Nc1ccc(-c2ccc3c(c2)C(n2cc(CCCCC)nn2)[C@H](C)C(CC)N3C(C)=O)cc1. The highest BCUT2D eigenvalue weighted by Gasteiger charge is 2.41. The molecular weight excluding hydrogens is 498 g/mol. The lowest BCUT2D eigenvalue weighted by molar-refractivity contribution is -0.117. The van der Waals surface area contributed by atoms with Crippen LogP contribution in [0.3, 0.4) is 0 Å². The largest absolute Gasteiger partial charge is 0.326 e.